The molecule has 620 valence electrons. The number of nitrogens with two attached hydrogens (primary N) is 5. The summed E-state index contributed by atoms with van der Waals surface area (Å²) in [5.41, 5.74) is 28.8. The van der Waals surface area contributed by atoms with Crippen LogP contribution in [0.3, 0.4) is 0 Å². The van der Waals surface area contributed by atoms with Crippen LogP contribution in [0.25, 0.3) is 0 Å². The number of fused-ring (bicyclic) bond motifs is 2. The highest BCUT2D eigenvalue weighted by Crippen LogP contribution is 2.24. The standard InChI is InChI=1S/C73H120N20O18/c1-9-42(8)60-70(109)88-50(35-39(2)3)65(104)86-49(26-28-54(76)95)71(110)92-33-15-20-52(92)67(106)80-38-56(97)83-46(19-14-32-79-73(77)78)62(101)87-51(36-43-22-24-44(94)25-23-43)66(105)89-58(40(4)5)69(108)85-48(27-29-57(98)99)64(103)90-59(41(6)7)72(111)93-34-16-21-53(93)68(107)81-37-55(96)82-45(17-10-12-30-74)61(100)84-47(63(102)91-60)18-11-13-31-75/h22-25,39-42,45-53,58-60,94H,9-21,26-38,74-75H2,1-8H3,(H2,76,95)(H,80,106)(H,81,107)(H,82,96)(H,83,97)(H,84,100)(H,85,108)(H,86,104)(H,87,101)(H,88,109)(H,89,105)(H,90,103)(H,91,102)(H,98,99)(H4,77,78,79)/t42-,45-,46-,47-,48-,49-,50-,51-,52-,53+,58-,59-,60-/m0/s1. The van der Waals surface area contributed by atoms with Gasteiger partial charge in [0, 0.05) is 38.9 Å². The third-order valence-electron chi connectivity index (χ3n) is 19.5. The van der Waals surface area contributed by atoms with Gasteiger partial charge in [0.05, 0.1) is 13.1 Å². The van der Waals surface area contributed by atoms with E-state index in [-0.39, 0.29) is 115 Å². The molecule has 3 saturated heterocycles. The Bertz CT molecular complexity index is 3410. The van der Waals surface area contributed by atoms with Crippen molar-refractivity contribution in [3.63, 3.8) is 0 Å². The minimum absolute atomic E-state index is 0.00621. The molecule has 1 aromatic carbocycles. The third-order valence-corrected chi connectivity index (χ3v) is 19.5. The van der Waals surface area contributed by atoms with E-state index < -0.39 is 217 Å². The number of nitrogens with zero attached hydrogens (tertiary/aromatic N) is 3. The van der Waals surface area contributed by atoms with Crippen molar-refractivity contribution in [3.05, 3.63) is 29.8 Å². The predicted octanol–water partition coefficient (Wildman–Crippen LogP) is -4.14. The number of rotatable bonds is 26. The van der Waals surface area contributed by atoms with Crippen LogP contribution in [0.5, 0.6) is 5.75 Å². The van der Waals surface area contributed by atoms with Crippen molar-refractivity contribution in [2.45, 2.75) is 250 Å². The Morgan fingerprint density at radius 2 is 0.892 bits per heavy atom. The van der Waals surface area contributed by atoms with Gasteiger partial charge in [-0.25, -0.2) is 0 Å². The number of carbonyl (C=O) groups excluding carboxylic acids is 15. The predicted molar refractivity (Wildman–Crippen MR) is 406 cm³/mol. The Morgan fingerprint density at radius 3 is 1.38 bits per heavy atom. The number of phenols is 1. The number of amides is 15. The van der Waals surface area contributed by atoms with Crippen molar-refractivity contribution >= 4 is 101 Å². The monoisotopic (exact) mass is 1560 g/mol. The summed E-state index contributed by atoms with van der Waals surface area (Å²) >= 11 is 0. The SMILES string of the molecule is CC[C@H](C)[C@@H]1NC(=O)[C@H](CCCCN)NC(=O)[C@H](CCCCN)NC(=O)CNC(=O)[C@H]2CCCN2C(=O)[C@H](C(C)C)NC(=O)[C@H](CCC(=O)O)NC(=O)[C@H](C(C)C)NC(=O)[C@H](Cc2ccc(O)cc2)NC(=O)[C@H](CCCN=C(N)N)NC(=O)CNC(=O)[C@@H]2CCCN2C(=O)[C@H](CCC(N)=O)NC(=O)[C@H](CC(C)C)NC1=O. The number of hydrogen-bond acceptors (Lipinski definition) is 20. The summed E-state index contributed by atoms with van der Waals surface area (Å²) in [6.45, 7) is 12.1. The number of carbonyl (C=O) groups is 16. The van der Waals surface area contributed by atoms with E-state index in [1.54, 1.807) is 55.4 Å². The Morgan fingerprint density at radius 1 is 0.477 bits per heavy atom. The number of carboxylic acid groups (broad SMARTS) is 1. The van der Waals surface area contributed by atoms with Crippen molar-refractivity contribution in [2.24, 2.45) is 57.3 Å². The molecule has 0 aromatic heterocycles. The number of hydrogen-bond donors (Lipinski definition) is 19. The van der Waals surface area contributed by atoms with Crippen LogP contribution in [0.15, 0.2) is 29.3 Å². The Hall–Kier alpha value is -10.3. The molecular weight excluding hydrogens is 1440 g/mol. The molecule has 0 bridgehead atoms. The van der Waals surface area contributed by atoms with Crippen molar-refractivity contribution in [3.8, 4) is 5.75 Å². The molecule has 38 heteroatoms. The third kappa shape index (κ3) is 31.2. The van der Waals surface area contributed by atoms with Crippen LogP contribution in [-0.2, 0) is 83.1 Å². The number of phenolic OH excluding ortho intramolecular Hbond substituents is 1. The zero-order valence-corrected chi connectivity index (χ0v) is 65.1. The van der Waals surface area contributed by atoms with Gasteiger partial charge in [-0.2, -0.15) is 0 Å². The van der Waals surface area contributed by atoms with E-state index in [9.17, 15) is 86.9 Å². The van der Waals surface area contributed by atoms with Gasteiger partial charge < -0.3 is 112 Å². The van der Waals surface area contributed by atoms with Crippen LogP contribution in [0.1, 0.15) is 177 Å². The maximum atomic E-state index is 14.7. The summed E-state index contributed by atoms with van der Waals surface area (Å²) in [5, 5.41) is 51.6. The van der Waals surface area contributed by atoms with Crippen LogP contribution in [-0.4, -0.2) is 239 Å². The number of aliphatic imine (C=N–C) groups is 1. The summed E-state index contributed by atoms with van der Waals surface area (Å²) < 4.78 is 0. The molecule has 3 heterocycles. The lowest BCUT2D eigenvalue weighted by molar-refractivity contribution is -0.143. The highest BCUT2D eigenvalue weighted by Gasteiger charge is 2.43. The van der Waals surface area contributed by atoms with E-state index in [1.165, 1.54) is 34.1 Å². The van der Waals surface area contributed by atoms with Gasteiger partial charge in [-0.3, -0.25) is 81.7 Å². The van der Waals surface area contributed by atoms with Gasteiger partial charge in [0.2, 0.25) is 88.6 Å². The smallest absolute Gasteiger partial charge is 0.303 e. The molecule has 0 spiro atoms. The molecule has 3 aliphatic heterocycles. The van der Waals surface area contributed by atoms with E-state index in [0.29, 0.717) is 44.1 Å². The van der Waals surface area contributed by atoms with Gasteiger partial charge in [-0.1, -0.05) is 73.9 Å². The normalized spacial score (nSPS) is 25.3. The van der Waals surface area contributed by atoms with Crippen LogP contribution >= 0.6 is 0 Å². The van der Waals surface area contributed by atoms with Gasteiger partial charge in [0.15, 0.2) is 5.96 Å². The number of carboxylic acids is 1. The summed E-state index contributed by atoms with van der Waals surface area (Å²) in [6, 6.07) is -11.5. The largest absolute Gasteiger partial charge is 0.508 e. The van der Waals surface area contributed by atoms with Crippen LogP contribution in [0.4, 0.5) is 0 Å². The van der Waals surface area contributed by atoms with Gasteiger partial charge in [-0.15, -0.1) is 0 Å². The molecule has 1 aromatic rings. The number of aromatic hydroxyl groups is 1. The van der Waals surface area contributed by atoms with Crippen molar-refractivity contribution in [1.29, 1.82) is 0 Å². The molecule has 0 saturated carbocycles. The van der Waals surface area contributed by atoms with E-state index in [4.69, 9.17) is 28.7 Å². The fraction of sp³-hybridized carbons (Fsp3) is 0.685. The van der Waals surface area contributed by atoms with Gasteiger partial charge in [0.1, 0.15) is 78.3 Å². The summed E-state index contributed by atoms with van der Waals surface area (Å²) in [7, 11) is 0. The first-order valence-electron chi connectivity index (χ1n) is 38.4. The molecule has 3 aliphatic rings. The van der Waals surface area contributed by atoms with Gasteiger partial charge in [0.25, 0.3) is 0 Å². The van der Waals surface area contributed by atoms with E-state index in [2.05, 4.69) is 68.8 Å². The summed E-state index contributed by atoms with van der Waals surface area (Å²) in [5.74, 6) is -17.2. The molecule has 3 fully saturated rings. The Labute approximate surface area is 647 Å². The van der Waals surface area contributed by atoms with Crippen LogP contribution < -0.4 is 92.5 Å². The second kappa shape index (κ2) is 47.1. The number of aliphatic carboxylic acids is 1. The van der Waals surface area contributed by atoms with E-state index >= 15 is 0 Å². The zero-order valence-electron chi connectivity index (χ0n) is 65.1. The molecule has 111 heavy (non-hydrogen) atoms. The molecule has 0 unspecified atom stereocenters. The molecule has 0 radical (unpaired) electrons. The zero-order chi connectivity index (χ0) is 82.8. The average Bonchev–Trinajstić information content (AvgIpc) is 1.76. The number of guanidine groups is 1. The fourth-order valence-electron chi connectivity index (χ4n) is 13.1. The maximum absolute atomic E-state index is 14.7. The molecule has 15 amide bonds. The topological polar surface area (TPSA) is 607 Å². The Balaban J connectivity index is 1.84. The summed E-state index contributed by atoms with van der Waals surface area (Å²) in [6.07, 6.45) is 0.102. The van der Waals surface area contributed by atoms with E-state index in [0.717, 1.165) is 0 Å². The number of primary amides is 1. The van der Waals surface area contributed by atoms with Crippen molar-refractivity contribution in [1.82, 2.24) is 73.6 Å². The van der Waals surface area contributed by atoms with Gasteiger partial charge >= 0.3 is 5.97 Å². The van der Waals surface area contributed by atoms with Gasteiger partial charge in [-0.05, 0) is 151 Å². The van der Waals surface area contributed by atoms with Crippen LogP contribution in [0, 0.1) is 23.7 Å². The molecule has 4 rings (SSSR count). The summed E-state index contributed by atoms with van der Waals surface area (Å²) in [4.78, 5) is 233. The number of benzene rings is 1. The van der Waals surface area contributed by atoms with Crippen molar-refractivity contribution < 1.29 is 86.9 Å². The molecule has 38 nitrogen and oxygen atoms in total. The highest BCUT2D eigenvalue weighted by atomic mass is 16.4. The fourth-order valence-corrected chi connectivity index (χ4v) is 13.1. The number of nitrogens with one attached hydrogen (secondary N) is 12. The highest BCUT2D eigenvalue weighted by molar-refractivity contribution is 6.01. The average molecular weight is 1570 g/mol. The lowest BCUT2D eigenvalue weighted by atomic mass is 9.95. The minimum Gasteiger partial charge on any atom is -0.508 e. The molecule has 13 atom stereocenters. The first-order chi connectivity index (χ1) is 52.5. The lowest BCUT2D eigenvalue weighted by Gasteiger charge is -2.32. The maximum Gasteiger partial charge on any atom is 0.303 e. The van der Waals surface area contributed by atoms with Crippen molar-refractivity contribution in [2.75, 3.05) is 45.8 Å². The molecule has 0 aliphatic carbocycles. The molecule has 24 N–H and O–H groups in total. The lowest BCUT2D eigenvalue weighted by Crippen LogP contribution is -2.61. The first-order valence-corrected chi connectivity index (χ1v) is 38.4. The minimum atomic E-state index is -1.67. The number of unbranched alkanes of at least 4 members (excludes halogenated alkanes) is 2. The quantitative estimate of drug-likeness (QED) is 0.0238. The van der Waals surface area contributed by atoms with E-state index in [1.807, 2.05) is 0 Å². The second-order valence-corrected chi connectivity index (χ2v) is 29.6. The molecular formula is C73H120N20O18. The van der Waals surface area contributed by atoms with Crippen LogP contribution in [0.2, 0.25) is 0 Å². The first kappa shape index (κ1) is 93.1. The Kier molecular flexibility index (Phi) is 39.5. The second-order valence-electron chi connectivity index (χ2n) is 29.6.